The predicted molar refractivity (Wildman–Crippen MR) is 109 cm³/mol. The van der Waals surface area contributed by atoms with E-state index in [9.17, 15) is 13.2 Å². The molecule has 6 nitrogen and oxygen atoms in total. The van der Waals surface area contributed by atoms with E-state index >= 15 is 0 Å². The van der Waals surface area contributed by atoms with E-state index in [1.807, 2.05) is 0 Å². The minimum atomic E-state index is -3.74. The zero-order valence-electron chi connectivity index (χ0n) is 14.5. The maximum absolute atomic E-state index is 12.5. The van der Waals surface area contributed by atoms with Crippen molar-refractivity contribution in [1.29, 1.82) is 0 Å². The van der Waals surface area contributed by atoms with Crippen LogP contribution in [0.3, 0.4) is 0 Å². The van der Waals surface area contributed by atoms with Gasteiger partial charge < -0.3 is 10.6 Å². The van der Waals surface area contributed by atoms with E-state index in [2.05, 4.69) is 4.72 Å². The van der Waals surface area contributed by atoms with Gasteiger partial charge in [0.1, 0.15) is 0 Å². The van der Waals surface area contributed by atoms with Gasteiger partial charge in [0.15, 0.2) is 0 Å². The zero-order chi connectivity index (χ0) is 18.7. The first-order chi connectivity index (χ1) is 12.3. The fourth-order valence-corrected chi connectivity index (χ4v) is 4.07. The molecule has 0 radical (unpaired) electrons. The Morgan fingerprint density at radius 1 is 1.11 bits per heavy atom. The molecule has 0 saturated carbocycles. The van der Waals surface area contributed by atoms with Crippen molar-refractivity contribution in [2.75, 3.05) is 17.8 Å². The fraction of sp³-hybridized carbons (Fsp3) is 0.278. The van der Waals surface area contributed by atoms with Gasteiger partial charge in [0.25, 0.3) is 15.9 Å². The van der Waals surface area contributed by atoms with Gasteiger partial charge in [-0.3, -0.25) is 9.52 Å². The topological polar surface area (TPSA) is 92.5 Å². The quantitative estimate of drug-likeness (QED) is 0.780. The average Bonchev–Trinajstić information content (AvgIpc) is 2.63. The van der Waals surface area contributed by atoms with Crippen LogP contribution in [0.5, 0.6) is 0 Å². The van der Waals surface area contributed by atoms with Gasteiger partial charge in [0, 0.05) is 35.4 Å². The molecule has 1 amide bonds. The summed E-state index contributed by atoms with van der Waals surface area (Å²) in [4.78, 5) is 14.3. The Labute approximate surface area is 170 Å². The number of anilines is 1. The van der Waals surface area contributed by atoms with Gasteiger partial charge in [0.05, 0.1) is 4.90 Å². The normalized spacial score (nSPS) is 17.1. The summed E-state index contributed by atoms with van der Waals surface area (Å²) < 4.78 is 27.4. The second-order valence-electron chi connectivity index (χ2n) is 6.29. The number of hydrogen-bond donors (Lipinski definition) is 2. The molecule has 27 heavy (non-hydrogen) atoms. The van der Waals surface area contributed by atoms with Gasteiger partial charge in [0.2, 0.25) is 0 Å². The summed E-state index contributed by atoms with van der Waals surface area (Å²) in [6.07, 6.45) is 1.79. The number of sulfonamides is 1. The van der Waals surface area contributed by atoms with Crippen molar-refractivity contribution in [3.63, 3.8) is 0 Å². The SMILES string of the molecule is Cl.NC1CCCN(C(=O)c2ccc(S(=O)(=O)Nc3ccc(Cl)cc3)cc2)C1. The lowest BCUT2D eigenvalue weighted by Crippen LogP contribution is -2.45. The zero-order valence-corrected chi connectivity index (χ0v) is 16.9. The summed E-state index contributed by atoms with van der Waals surface area (Å²) in [5.41, 5.74) is 6.78. The Bertz CT molecular complexity index is 887. The van der Waals surface area contributed by atoms with Gasteiger partial charge in [-0.15, -0.1) is 12.4 Å². The summed E-state index contributed by atoms with van der Waals surface area (Å²) in [5.74, 6) is -0.130. The van der Waals surface area contributed by atoms with Gasteiger partial charge in [-0.05, 0) is 61.4 Å². The van der Waals surface area contributed by atoms with Crippen LogP contribution in [0.15, 0.2) is 53.4 Å². The number of piperidine rings is 1. The van der Waals surface area contributed by atoms with E-state index in [1.165, 1.54) is 24.3 Å². The van der Waals surface area contributed by atoms with Crippen molar-refractivity contribution in [1.82, 2.24) is 4.90 Å². The van der Waals surface area contributed by atoms with E-state index in [0.717, 1.165) is 12.8 Å². The summed E-state index contributed by atoms with van der Waals surface area (Å²) in [6, 6.07) is 12.3. The lowest BCUT2D eigenvalue weighted by Gasteiger charge is -2.30. The van der Waals surface area contributed by atoms with Crippen LogP contribution < -0.4 is 10.5 Å². The van der Waals surface area contributed by atoms with Gasteiger partial charge >= 0.3 is 0 Å². The Kier molecular flexibility index (Phi) is 7.11. The molecule has 2 aromatic carbocycles. The van der Waals surface area contributed by atoms with E-state index in [4.69, 9.17) is 17.3 Å². The molecule has 1 saturated heterocycles. The van der Waals surface area contributed by atoms with Gasteiger partial charge in [-0.1, -0.05) is 11.6 Å². The maximum Gasteiger partial charge on any atom is 0.261 e. The van der Waals surface area contributed by atoms with Crippen LogP contribution in [-0.4, -0.2) is 38.4 Å². The molecular weight excluding hydrogens is 409 g/mol. The molecule has 0 aromatic heterocycles. The van der Waals surface area contributed by atoms with Crippen LogP contribution >= 0.6 is 24.0 Å². The molecular formula is C18H21Cl2N3O3S. The predicted octanol–water partition coefficient (Wildman–Crippen LogP) is 3.13. The second-order valence-corrected chi connectivity index (χ2v) is 8.41. The summed E-state index contributed by atoms with van der Waals surface area (Å²) in [5, 5.41) is 0.522. The average molecular weight is 430 g/mol. The van der Waals surface area contributed by atoms with Crippen molar-refractivity contribution in [2.24, 2.45) is 5.73 Å². The standard InChI is InChI=1S/C18H20ClN3O3S.ClH/c19-14-5-7-16(8-6-14)21-26(24,25)17-9-3-13(4-10-17)18(23)22-11-1-2-15(20)12-22;/h3-10,15,21H,1-2,11-12,20H2;1H. The third-order valence-electron chi connectivity index (χ3n) is 4.25. The van der Waals surface area contributed by atoms with E-state index in [0.29, 0.717) is 29.4 Å². The monoisotopic (exact) mass is 429 g/mol. The molecule has 1 fully saturated rings. The highest BCUT2D eigenvalue weighted by molar-refractivity contribution is 7.92. The number of amides is 1. The number of rotatable bonds is 4. The number of likely N-dealkylation sites (tertiary alicyclic amines) is 1. The maximum atomic E-state index is 12.5. The molecule has 1 heterocycles. The van der Waals surface area contributed by atoms with E-state index in [-0.39, 0.29) is 29.3 Å². The minimum absolute atomic E-state index is 0. The van der Waals surface area contributed by atoms with Crippen LogP contribution in [0.2, 0.25) is 5.02 Å². The third-order valence-corrected chi connectivity index (χ3v) is 5.90. The van der Waals surface area contributed by atoms with Crippen molar-refractivity contribution in [3.8, 4) is 0 Å². The highest BCUT2D eigenvalue weighted by atomic mass is 35.5. The molecule has 3 N–H and O–H groups in total. The van der Waals surface area contributed by atoms with Crippen molar-refractivity contribution in [2.45, 2.75) is 23.8 Å². The first kappa shape index (κ1) is 21.5. The number of nitrogens with zero attached hydrogens (tertiary/aromatic N) is 1. The molecule has 0 bridgehead atoms. The van der Waals surface area contributed by atoms with E-state index in [1.54, 1.807) is 29.2 Å². The number of nitrogens with two attached hydrogens (primary N) is 1. The molecule has 1 aliphatic rings. The second kappa shape index (κ2) is 8.93. The minimum Gasteiger partial charge on any atom is -0.337 e. The first-order valence-electron chi connectivity index (χ1n) is 8.28. The molecule has 146 valence electrons. The molecule has 9 heteroatoms. The van der Waals surface area contributed by atoms with Crippen LogP contribution in [0.1, 0.15) is 23.2 Å². The molecule has 1 atom stereocenters. The Morgan fingerprint density at radius 2 is 1.74 bits per heavy atom. The molecule has 1 unspecified atom stereocenters. The number of carbonyl (C=O) groups is 1. The molecule has 3 rings (SSSR count). The number of nitrogens with one attached hydrogen (secondary N) is 1. The highest BCUT2D eigenvalue weighted by Gasteiger charge is 2.23. The first-order valence-corrected chi connectivity index (χ1v) is 10.1. The van der Waals surface area contributed by atoms with Crippen LogP contribution in [-0.2, 0) is 10.0 Å². The molecule has 2 aromatic rings. The Morgan fingerprint density at radius 3 is 2.33 bits per heavy atom. The summed E-state index contributed by atoms with van der Waals surface area (Å²) in [6.45, 7) is 1.20. The number of benzene rings is 2. The molecule has 0 spiro atoms. The number of halogens is 2. The van der Waals surface area contributed by atoms with Crippen molar-refractivity contribution < 1.29 is 13.2 Å². The van der Waals surface area contributed by atoms with Crippen molar-refractivity contribution >= 4 is 45.6 Å². The lowest BCUT2D eigenvalue weighted by molar-refractivity contribution is 0.0708. The van der Waals surface area contributed by atoms with Gasteiger partial charge in [-0.2, -0.15) is 0 Å². The van der Waals surface area contributed by atoms with Crippen LogP contribution in [0.25, 0.3) is 0 Å². The number of carbonyl (C=O) groups excluding carboxylic acids is 1. The van der Waals surface area contributed by atoms with Gasteiger partial charge in [-0.25, -0.2) is 8.42 Å². The summed E-state index contributed by atoms with van der Waals surface area (Å²) in [7, 11) is -3.74. The van der Waals surface area contributed by atoms with Crippen LogP contribution in [0.4, 0.5) is 5.69 Å². The third kappa shape index (κ3) is 5.35. The lowest BCUT2D eigenvalue weighted by atomic mass is 10.1. The van der Waals surface area contributed by atoms with Crippen molar-refractivity contribution in [3.05, 3.63) is 59.1 Å². The van der Waals surface area contributed by atoms with E-state index < -0.39 is 10.0 Å². The smallest absolute Gasteiger partial charge is 0.261 e. The molecule has 1 aliphatic heterocycles. The fourth-order valence-electron chi connectivity index (χ4n) is 2.89. The largest absolute Gasteiger partial charge is 0.337 e. The van der Waals surface area contributed by atoms with Crippen LogP contribution in [0, 0.1) is 0 Å². The summed E-state index contributed by atoms with van der Waals surface area (Å²) >= 11 is 5.80. The Balaban J connectivity index is 0.00000261. The Hall–Kier alpha value is -1.80. The number of hydrogen-bond acceptors (Lipinski definition) is 4. The highest BCUT2D eigenvalue weighted by Crippen LogP contribution is 2.20. The molecule has 0 aliphatic carbocycles.